The average molecular weight is 400 g/mol. The van der Waals surface area contributed by atoms with E-state index in [1.165, 1.54) is 11.1 Å². The van der Waals surface area contributed by atoms with Gasteiger partial charge in [-0.25, -0.2) is 4.98 Å². The summed E-state index contributed by atoms with van der Waals surface area (Å²) in [6, 6.07) is 8.86. The first-order chi connectivity index (χ1) is 13.6. The Morgan fingerprint density at radius 1 is 1.04 bits per heavy atom. The molecule has 1 aliphatic heterocycles. The van der Waals surface area contributed by atoms with Gasteiger partial charge in [0.25, 0.3) is 0 Å². The fourth-order valence-corrected chi connectivity index (χ4v) is 5.06. The predicted octanol–water partition coefficient (Wildman–Crippen LogP) is 3.35. The van der Waals surface area contributed by atoms with Crippen LogP contribution >= 0.6 is 11.3 Å². The molecule has 1 N–H and O–H groups in total. The van der Waals surface area contributed by atoms with Gasteiger partial charge in [-0.05, 0) is 24.1 Å². The van der Waals surface area contributed by atoms with Gasteiger partial charge in [-0.2, -0.15) is 4.52 Å². The largest absolute Gasteiger partial charge is 0.492 e. The number of aryl methyl sites for hydroxylation is 2. The van der Waals surface area contributed by atoms with Crippen molar-refractivity contribution < 1.29 is 5.11 Å². The number of likely N-dealkylation sites (N-methyl/N-ethyl adjacent to an activating group) is 1. The molecule has 1 fully saturated rings. The van der Waals surface area contributed by atoms with Gasteiger partial charge in [0, 0.05) is 32.6 Å². The van der Waals surface area contributed by atoms with E-state index in [0.717, 1.165) is 61.2 Å². The zero-order valence-corrected chi connectivity index (χ0v) is 17.7. The molecule has 3 heterocycles. The summed E-state index contributed by atoms with van der Waals surface area (Å²) in [5, 5.41) is 15.5. The summed E-state index contributed by atoms with van der Waals surface area (Å²) in [4.78, 5) is 11.2. The number of hydrogen-bond acceptors (Lipinski definition) is 6. The maximum Gasteiger partial charge on any atom is 0.230 e. The van der Waals surface area contributed by atoms with Gasteiger partial charge in [-0.1, -0.05) is 56.4 Å². The molecule has 1 saturated heterocycles. The Kier molecular flexibility index (Phi) is 5.66. The second-order valence-corrected chi connectivity index (χ2v) is 8.34. The monoisotopic (exact) mass is 399 g/mol. The van der Waals surface area contributed by atoms with Gasteiger partial charge in [0.15, 0.2) is 5.82 Å². The standard InChI is InChI=1S/C21H29N5OS/c1-4-15-7-9-16(10-8-15)18(25-13-11-24(6-3)12-14-25)19-20(27)26-21(28-19)22-17(5-2)23-26/h7-10,18,27H,4-6,11-14H2,1-3H3. The summed E-state index contributed by atoms with van der Waals surface area (Å²) in [7, 11) is 0. The van der Waals surface area contributed by atoms with E-state index in [1.807, 2.05) is 6.92 Å². The van der Waals surface area contributed by atoms with Crippen LogP contribution in [-0.2, 0) is 12.8 Å². The highest BCUT2D eigenvalue weighted by Gasteiger charge is 2.31. The molecule has 150 valence electrons. The van der Waals surface area contributed by atoms with Gasteiger partial charge in [0.1, 0.15) is 0 Å². The van der Waals surface area contributed by atoms with Crippen molar-refractivity contribution >= 4 is 16.3 Å². The molecule has 1 aromatic carbocycles. The minimum Gasteiger partial charge on any atom is -0.492 e. The molecule has 1 unspecified atom stereocenters. The van der Waals surface area contributed by atoms with E-state index >= 15 is 0 Å². The number of fused-ring (bicyclic) bond motifs is 1. The number of aromatic nitrogens is 3. The molecule has 0 aliphatic carbocycles. The molecular formula is C21H29N5OS. The number of aromatic hydroxyl groups is 1. The summed E-state index contributed by atoms with van der Waals surface area (Å²) >= 11 is 1.56. The quantitative estimate of drug-likeness (QED) is 0.689. The normalized spacial score (nSPS) is 17.4. The van der Waals surface area contributed by atoms with Gasteiger partial charge in [0.05, 0.1) is 10.9 Å². The zero-order valence-electron chi connectivity index (χ0n) is 16.9. The van der Waals surface area contributed by atoms with Crippen LogP contribution in [0.2, 0.25) is 0 Å². The molecular weight excluding hydrogens is 370 g/mol. The zero-order chi connectivity index (χ0) is 19.7. The number of piperazine rings is 1. The third kappa shape index (κ3) is 3.54. The number of thiazole rings is 1. The Labute approximate surface area is 170 Å². The van der Waals surface area contributed by atoms with Crippen molar-refractivity contribution in [2.24, 2.45) is 0 Å². The Bertz CT molecular complexity index is 924. The second-order valence-electron chi connectivity index (χ2n) is 7.33. The van der Waals surface area contributed by atoms with Crippen LogP contribution in [0, 0.1) is 0 Å². The van der Waals surface area contributed by atoms with Gasteiger partial charge in [-0.15, -0.1) is 5.10 Å². The highest BCUT2D eigenvalue weighted by atomic mass is 32.1. The van der Waals surface area contributed by atoms with Crippen LogP contribution in [0.15, 0.2) is 24.3 Å². The summed E-state index contributed by atoms with van der Waals surface area (Å²) in [5.41, 5.74) is 2.55. The third-order valence-electron chi connectivity index (χ3n) is 5.73. The van der Waals surface area contributed by atoms with Crippen molar-refractivity contribution in [3.8, 4) is 5.88 Å². The lowest BCUT2D eigenvalue weighted by Gasteiger charge is -2.38. The van der Waals surface area contributed by atoms with E-state index in [-0.39, 0.29) is 11.9 Å². The van der Waals surface area contributed by atoms with E-state index in [9.17, 15) is 5.11 Å². The lowest BCUT2D eigenvalue weighted by molar-refractivity contribution is 0.113. The summed E-state index contributed by atoms with van der Waals surface area (Å²) in [5.74, 6) is 1.00. The minimum absolute atomic E-state index is 0.0310. The molecule has 3 aromatic rings. The first kappa shape index (κ1) is 19.4. The molecule has 1 atom stereocenters. The number of benzene rings is 1. The van der Waals surface area contributed by atoms with Gasteiger partial charge >= 0.3 is 0 Å². The molecule has 28 heavy (non-hydrogen) atoms. The summed E-state index contributed by atoms with van der Waals surface area (Å²) in [6.45, 7) is 11.6. The van der Waals surface area contributed by atoms with Crippen molar-refractivity contribution in [3.05, 3.63) is 46.1 Å². The maximum atomic E-state index is 11.0. The molecule has 6 nitrogen and oxygen atoms in total. The molecule has 0 amide bonds. The van der Waals surface area contributed by atoms with Crippen LogP contribution in [0.4, 0.5) is 0 Å². The second kappa shape index (κ2) is 8.19. The van der Waals surface area contributed by atoms with E-state index in [1.54, 1.807) is 15.9 Å². The first-order valence-electron chi connectivity index (χ1n) is 10.3. The molecule has 1 aliphatic rings. The number of rotatable bonds is 6. The Balaban J connectivity index is 1.74. The smallest absolute Gasteiger partial charge is 0.230 e. The van der Waals surface area contributed by atoms with Gasteiger partial charge in [-0.3, -0.25) is 4.90 Å². The lowest BCUT2D eigenvalue weighted by atomic mass is 10.0. The van der Waals surface area contributed by atoms with Crippen molar-refractivity contribution in [1.82, 2.24) is 24.4 Å². The van der Waals surface area contributed by atoms with E-state index < -0.39 is 0 Å². The van der Waals surface area contributed by atoms with Crippen LogP contribution < -0.4 is 0 Å². The Morgan fingerprint density at radius 2 is 1.75 bits per heavy atom. The van der Waals surface area contributed by atoms with E-state index in [0.29, 0.717) is 0 Å². The van der Waals surface area contributed by atoms with Crippen molar-refractivity contribution in [2.75, 3.05) is 32.7 Å². The fraction of sp³-hybridized carbons (Fsp3) is 0.524. The molecule has 0 bridgehead atoms. The van der Waals surface area contributed by atoms with Crippen LogP contribution in [0.1, 0.15) is 48.6 Å². The first-order valence-corrected chi connectivity index (χ1v) is 11.1. The molecule has 0 radical (unpaired) electrons. The summed E-state index contributed by atoms with van der Waals surface area (Å²) in [6.07, 6.45) is 1.80. The van der Waals surface area contributed by atoms with Crippen LogP contribution in [0.3, 0.4) is 0 Å². The minimum atomic E-state index is 0.0310. The van der Waals surface area contributed by atoms with Crippen molar-refractivity contribution in [1.29, 1.82) is 0 Å². The summed E-state index contributed by atoms with van der Waals surface area (Å²) < 4.78 is 1.61. The topological polar surface area (TPSA) is 56.9 Å². The van der Waals surface area contributed by atoms with Crippen LogP contribution in [0.5, 0.6) is 5.88 Å². The maximum absolute atomic E-state index is 11.0. The third-order valence-corrected chi connectivity index (χ3v) is 6.80. The number of hydrogen-bond donors (Lipinski definition) is 1. The molecule has 0 saturated carbocycles. The Morgan fingerprint density at radius 3 is 2.32 bits per heavy atom. The lowest BCUT2D eigenvalue weighted by Crippen LogP contribution is -2.47. The van der Waals surface area contributed by atoms with Crippen LogP contribution in [0.25, 0.3) is 4.96 Å². The molecule has 0 spiro atoms. The molecule has 7 heteroatoms. The highest BCUT2D eigenvalue weighted by Crippen LogP contribution is 2.40. The van der Waals surface area contributed by atoms with Crippen molar-refractivity contribution in [2.45, 2.75) is 39.7 Å². The Hall–Kier alpha value is -1.96. The van der Waals surface area contributed by atoms with E-state index in [2.05, 4.69) is 58.0 Å². The fourth-order valence-electron chi connectivity index (χ4n) is 3.92. The predicted molar refractivity (Wildman–Crippen MR) is 113 cm³/mol. The van der Waals surface area contributed by atoms with Crippen LogP contribution in [-0.4, -0.2) is 62.2 Å². The van der Waals surface area contributed by atoms with E-state index in [4.69, 9.17) is 0 Å². The molecule has 2 aromatic heterocycles. The average Bonchev–Trinajstić information content (AvgIpc) is 3.28. The number of nitrogens with zero attached hydrogens (tertiary/aromatic N) is 5. The molecule has 4 rings (SSSR count). The SMILES string of the molecule is CCc1ccc(C(c2sc3nc(CC)nn3c2O)N2CCN(CC)CC2)cc1. The van der Waals surface area contributed by atoms with Crippen molar-refractivity contribution in [3.63, 3.8) is 0 Å². The van der Waals surface area contributed by atoms with Gasteiger partial charge < -0.3 is 10.0 Å². The van der Waals surface area contributed by atoms with Gasteiger partial charge in [0.2, 0.25) is 10.8 Å². The highest BCUT2D eigenvalue weighted by molar-refractivity contribution is 7.17.